The third-order valence-corrected chi connectivity index (χ3v) is 4.81. The number of aromatic nitrogens is 1. The zero-order valence-corrected chi connectivity index (χ0v) is 15.6. The molecule has 1 aliphatic heterocycles. The van der Waals surface area contributed by atoms with E-state index in [2.05, 4.69) is 28.1 Å². The van der Waals surface area contributed by atoms with Crippen LogP contribution in [-0.2, 0) is 12.8 Å². The quantitative estimate of drug-likeness (QED) is 0.880. The monoisotopic (exact) mass is 382 g/mol. The Hall–Kier alpha value is -1.58. The fourth-order valence-electron chi connectivity index (χ4n) is 2.62. The first kappa shape index (κ1) is 20.5. The largest absolute Gasteiger partial charge is 0.375 e. The molecule has 2 aromatic rings. The molecule has 2 N–H and O–H groups in total. The highest BCUT2D eigenvalue weighted by Crippen LogP contribution is 2.24. The molecule has 2 heterocycles. The molecule has 24 heavy (non-hydrogen) atoms. The molecule has 3 rings (SSSR count). The minimum atomic E-state index is 0. The van der Waals surface area contributed by atoms with Crippen molar-refractivity contribution in [2.45, 2.75) is 12.8 Å². The van der Waals surface area contributed by atoms with Crippen LogP contribution < -0.4 is 5.73 Å². The third-order valence-electron chi connectivity index (χ3n) is 3.83. The summed E-state index contributed by atoms with van der Waals surface area (Å²) in [5.41, 5.74) is 8.78. The van der Waals surface area contributed by atoms with Crippen LogP contribution in [0, 0.1) is 11.3 Å². The van der Waals surface area contributed by atoms with Crippen molar-refractivity contribution in [2.75, 3.05) is 25.4 Å². The van der Waals surface area contributed by atoms with Gasteiger partial charge in [0.1, 0.15) is 0 Å². The van der Waals surface area contributed by atoms with Crippen LogP contribution in [0.2, 0.25) is 0 Å². The number of thiazole rings is 1. The van der Waals surface area contributed by atoms with E-state index in [1.54, 1.807) is 11.3 Å². The second kappa shape index (κ2) is 9.65. The van der Waals surface area contributed by atoms with E-state index in [1.165, 1.54) is 10.6 Å². The molecule has 1 aromatic heterocycles. The van der Waals surface area contributed by atoms with Gasteiger partial charge >= 0.3 is 0 Å². The molecule has 0 unspecified atom stereocenters. The minimum Gasteiger partial charge on any atom is -0.375 e. The zero-order valence-electron chi connectivity index (χ0n) is 13.1. The van der Waals surface area contributed by atoms with Gasteiger partial charge in [0.25, 0.3) is 0 Å². The normalized spacial score (nSPS) is 14.1. The molecule has 4 nitrogen and oxygen atoms in total. The van der Waals surface area contributed by atoms with E-state index < -0.39 is 0 Å². The van der Waals surface area contributed by atoms with Gasteiger partial charge in [-0.05, 0) is 24.1 Å². The number of anilines is 1. The minimum absolute atomic E-state index is 0. The number of nitriles is 1. The molecule has 0 radical (unpaired) electrons. The van der Waals surface area contributed by atoms with Crippen LogP contribution in [0.3, 0.4) is 0 Å². The molecular weight excluding hydrogens is 363 g/mol. The molecule has 0 spiro atoms. The van der Waals surface area contributed by atoms with Crippen LogP contribution in [0.15, 0.2) is 30.3 Å². The Morgan fingerprint density at radius 3 is 2.62 bits per heavy atom. The first-order valence-electron chi connectivity index (χ1n) is 7.38. The summed E-state index contributed by atoms with van der Waals surface area (Å²) in [5, 5.41) is 9.48. The van der Waals surface area contributed by atoms with E-state index >= 15 is 0 Å². The van der Waals surface area contributed by atoms with Gasteiger partial charge in [0.15, 0.2) is 5.13 Å². The van der Waals surface area contributed by atoms with Crippen molar-refractivity contribution in [3.8, 4) is 6.07 Å². The molecule has 0 bridgehead atoms. The van der Waals surface area contributed by atoms with Gasteiger partial charge in [-0.3, -0.25) is 4.90 Å². The summed E-state index contributed by atoms with van der Waals surface area (Å²) in [6, 6.07) is 9.77. The topological polar surface area (TPSA) is 65.9 Å². The molecule has 0 aliphatic carbocycles. The van der Waals surface area contributed by atoms with E-state index in [1.807, 2.05) is 24.3 Å². The lowest BCUT2D eigenvalue weighted by molar-refractivity contribution is 0.318. The molecule has 1 aromatic carbocycles. The van der Waals surface area contributed by atoms with Crippen LogP contribution in [0.1, 0.15) is 21.7 Å². The van der Waals surface area contributed by atoms with E-state index in [-0.39, 0.29) is 24.8 Å². The second-order valence-corrected chi connectivity index (χ2v) is 6.47. The second-order valence-electron chi connectivity index (χ2n) is 5.36. The lowest BCUT2D eigenvalue weighted by atomic mass is 10.1. The Kier molecular flexibility index (Phi) is 8.23. The summed E-state index contributed by atoms with van der Waals surface area (Å²) in [4.78, 5) is 8.19. The maximum atomic E-state index is 8.79. The summed E-state index contributed by atoms with van der Waals surface area (Å²) < 4.78 is 0. The third kappa shape index (κ3) is 5.22. The van der Waals surface area contributed by atoms with Crippen molar-refractivity contribution in [3.05, 3.63) is 52.0 Å². The lowest BCUT2D eigenvalue weighted by Crippen LogP contribution is -2.26. The predicted molar refractivity (Wildman–Crippen MR) is 105 cm³/mol. The molecule has 0 saturated carbocycles. The Morgan fingerprint density at radius 1 is 1.21 bits per heavy atom. The number of nitrogen functional groups attached to an aromatic ring is 1. The number of fused-ring (bicyclic) bond motifs is 1. The molecular formula is C17H20Cl2N4S. The Bertz CT molecular complexity index is 694. The van der Waals surface area contributed by atoms with Crippen LogP contribution in [0.5, 0.6) is 0 Å². The molecule has 1 aliphatic rings. The van der Waals surface area contributed by atoms with Gasteiger partial charge in [0.2, 0.25) is 0 Å². The van der Waals surface area contributed by atoms with E-state index in [0.717, 1.165) is 38.0 Å². The van der Waals surface area contributed by atoms with Gasteiger partial charge in [-0.2, -0.15) is 5.26 Å². The maximum absolute atomic E-state index is 8.79. The summed E-state index contributed by atoms with van der Waals surface area (Å²) >= 11 is 1.63. The van der Waals surface area contributed by atoms with Crippen LogP contribution in [0.4, 0.5) is 5.13 Å². The summed E-state index contributed by atoms with van der Waals surface area (Å²) in [6.07, 6.45) is 6.31. The van der Waals surface area contributed by atoms with Gasteiger partial charge in [0, 0.05) is 30.9 Å². The fraction of sp³-hybridized carbons (Fsp3) is 0.294. The lowest BCUT2D eigenvalue weighted by Gasteiger charge is -2.17. The molecule has 0 fully saturated rings. The van der Waals surface area contributed by atoms with Crippen LogP contribution in [0.25, 0.3) is 6.08 Å². The van der Waals surface area contributed by atoms with E-state index in [4.69, 9.17) is 11.0 Å². The summed E-state index contributed by atoms with van der Waals surface area (Å²) in [6.45, 7) is 3.00. The Morgan fingerprint density at radius 2 is 1.92 bits per heavy atom. The van der Waals surface area contributed by atoms with Crippen molar-refractivity contribution in [1.82, 2.24) is 9.88 Å². The van der Waals surface area contributed by atoms with Crippen molar-refractivity contribution in [3.63, 3.8) is 0 Å². The molecule has 7 heteroatoms. The SMILES string of the molecule is Cl.Cl.N#Cc1ccc(/C=C/CN2CCc3nc(N)sc3CC2)cc1. The molecule has 128 valence electrons. The van der Waals surface area contributed by atoms with Gasteiger partial charge in [0.05, 0.1) is 17.3 Å². The van der Waals surface area contributed by atoms with Gasteiger partial charge in [-0.25, -0.2) is 4.98 Å². The highest BCUT2D eigenvalue weighted by Gasteiger charge is 2.16. The van der Waals surface area contributed by atoms with Crippen molar-refractivity contribution >= 4 is 47.4 Å². The number of hydrogen-bond acceptors (Lipinski definition) is 5. The van der Waals surface area contributed by atoms with Crippen LogP contribution in [-0.4, -0.2) is 29.5 Å². The maximum Gasteiger partial charge on any atom is 0.180 e. The zero-order chi connectivity index (χ0) is 15.4. The van der Waals surface area contributed by atoms with Crippen molar-refractivity contribution in [2.24, 2.45) is 0 Å². The Balaban J connectivity index is 0.00000144. The van der Waals surface area contributed by atoms with E-state index in [9.17, 15) is 0 Å². The highest BCUT2D eigenvalue weighted by atomic mass is 35.5. The highest BCUT2D eigenvalue weighted by molar-refractivity contribution is 7.15. The fourth-order valence-corrected chi connectivity index (χ4v) is 3.49. The number of nitrogens with zero attached hydrogens (tertiary/aromatic N) is 3. The van der Waals surface area contributed by atoms with Crippen molar-refractivity contribution in [1.29, 1.82) is 5.26 Å². The number of nitrogens with two attached hydrogens (primary N) is 1. The number of benzene rings is 1. The number of rotatable bonds is 3. The predicted octanol–water partition coefficient (Wildman–Crippen LogP) is 3.55. The van der Waals surface area contributed by atoms with Gasteiger partial charge in [-0.1, -0.05) is 24.3 Å². The first-order valence-corrected chi connectivity index (χ1v) is 8.19. The number of halogens is 2. The average Bonchev–Trinajstić information content (AvgIpc) is 2.80. The number of hydrogen-bond donors (Lipinski definition) is 1. The smallest absolute Gasteiger partial charge is 0.180 e. The van der Waals surface area contributed by atoms with Crippen molar-refractivity contribution < 1.29 is 0 Å². The Labute approximate surface area is 158 Å². The summed E-state index contributed by atoms with van der Waals surface area (Å²) in [5.74, 6) is 0. The van der Waals surface area contributed by atoms with Crippen LogP contribution >= 0.6 is 36.2 Å². The molecule has 0 atom stereocenters. The van der Waals surface area contributed by atoms with Gasteiger partial charge in [-0.15, -0.1) is 36.2 Å². The van der Waals surface area contributed by atoms with E-state index in [0.29, 0.717) is 10.7 Å². The standard InChI is InChI=1S/C17H18N4S.2ClH/c18-12-14-5-3-13(4-6-14)2-1-9-21-10-7-15-16(8-11-21)22-17(19)20-15;;/h1-6H,7-11H2,(H2,19,20);2*1H/b2-1+;;. The van der Waals surface area contributed by atoms with Gasteiger partial charge < -0.3 is 5.73 Å². The molecule has 0 amide bonds. The summed E-state index contributed by atoms with van der Waals surface area (Å²) in [7, 11) is 0. The molecule has 0 saturated heterocycles. The first-order chi connectivity index (χ1) is 10.7. The average molecular weight is 383 g/mol.